The summed E-state index contributed by atoms with van der Waals surface area (Å²) in [4.78, 5) is 60.0. The SMILES string of the molecule is CCCCCCC(CCCCCC)N1C(=O)c2ccc3c4ccc5c6c(ccc(c7ccc(c2c37)C1=O)c64)C(=O)N(Cc1cn(Cc2ccccc2)nn1)C5=O. The molecule has 56 heavy (non-hydrogen) atoms. The summed E-state index contributed by atoms with van der Waals surface area (Å²) < 4.78 is 1.71. The Morgan fingerprint density at radius 2 is 1.00 bits per heavy atom. The maximum atomic E-state index is 14.5. The molecule has 4 amide bonds. The molecule has 0 spiro atoms. The zero-order valence-corrected chi connectivity index (χ0v) is 32.0. The maximum absolute atomic E-state index is 14.5. The second-order valence-corrected chi connectivity index (χ2v) is 15.6. The smallest absolute Gasteiger partial charge is 0.261 e. The molecule has 0 saturated carbocycles. The van der Waals surface area contributed by atoms with E-state index in [2.05, 4.69) is 24.2 Å². The number of hydrogen-bond donors (Lipinski definition) is 0. The van der Waals surface area contributed by atoms with E-state index in [4.69, 9.17) is 0 Å². The van der Waals surface area contributed by atoms with Crippen molar-refractivity contribution in [3.8, 4) is 0 Å². The van der Waals surface area contributed by atoms with Crippen LogP contribution in [0.5, 0.6) is 0 Å². The van der Waals surface area contributed by atoms with E-state index in [1.54, 1.807) is 27.9 Å². The highest BCUT2D eigenvalue weighted by molar-refractivity contribution is 6.41. The second kappa shape index (κ2) is 14.6. The van der Waals surface area contributed by atoms with Crippen molar-refractivity contribution in [2.24, 2.45) is 0 Å². The molecular weight excluding hydrogens is 699 g/mol. The first-order valence-corrected chi connectivity index (χ1v) is 20.3. The molecule has 0 bridgehead atoms. The molecule has 0 atom stereocenters. The van der Waals surface area contributed by atoms with Crippen LogP contribution < -0.4 is 0 Å². The number of imide groups is 2. The van der Waals surface area contributed by atoms with Crippen molar-refractivity contribution in [1.29, 1.82) is 0 Å². The number of nitrogens with zero attached hydrogens (tertiary/aromatic N) is 5. The van der Waals surface area contributed by atoms with E-state index in [9.17, 15) is 19.2 Å². The second-order valence-electron chi connectivity index (χ2n) is 15.6. The van der Waals surface area contributed by atoms with Gasteiger partial charge in [0.1, 0.15) is 5.69 Å². The molecule has 1 aromatic heterocycles. The van der Waals surface area contributed by atoms with Gasteiger partial charge in [0.2, 0.25) is 0 Å². The van der Waals surface area contributed by atoms with Gasteiger partial charge >= 0.3 is 0 Å². The minimum absolute atomic E-state index is 0.00198. The monoisotopic (exact) mass is 743 g/mol. The molecule has 282 valence electrons. The summed E-state index contributed by atoms with van der Waals surface area (Å²) in [6.07, 6.45) is 12.2. The molecule has 0 fully saturated rings. The molecule has 6 aromatic carbocycles. The van der Waals surface area contributed by atoms with Gasteiger partial charge in [-0.25, -0.2) is 4.68 Å². The molecule has 0 saturated heterocycles. The first kappa shape index (κ1) is 35.7. The third-order valence-corrected chi connectivity index (χ3v) is 12.0. The highest BCUT2D eigenvalue weighted by Crippen LogP contribution is 2.46. The highest BCUT2D eigenvalue weighted by Gasteiger charge is 2.39. The number of fused-ring (bicyclic) bond motifs is 2. The van der Waals surface area contributed by atoms with Crippen LogP contribution >= 0.6 is 0 Å². The molecule has 0 radical (unpaired) electrons. The van der Waals surface area contributed by atoms with Gasteiger partial charge in [-0.3, -0.25) is 29.0 Å². The Balaban J connectivity index is 1.09. The first-order valence-electron chi connectivity index (χ1n) is 20.3. The van der Waals surface area contributed by atoms with Gasteiger partial charge in [0.15, 0.2) is 0 Å². The Morgan fingerprint density at radius 3 is 1.48 bits per heavy atom. The van der Waals surface area contributed by atoms with Crippen LogP contribution in [0.4, 0.5) is 0 Å². The number of rotatable bonds is 15. The van der Waals surface area contributed by atoms with Gasteiger partial charge in [0.25, 0.3) is 23.6 Å². The predicted molar refractivity (Wildman–Crippen MR) is 219 cm³/mol. The van der Waals surface area contributed by atoms with Crippen LogP contribution in [0, 0.1) is 0 Å². The molecule has 3 heterocycles. The number of benzene rings is 6. The molecule has 9 heteroatoms. The van der Waals surface area contributed by atoms with Crippen molar-refractivity contribution in [3.05, 3.63) is 119 Å². The fourth-order valence-corrected chi connectivity index (χ4v) is 9.25. The number of aromatic nitrogens is 3. The van der Waals surface area contributed by atoms with Gasteiger partial charge in [0.05, 0.1) is 19.3 Å². The minimum Gasteiger partial charge on any atom is -0.271 e. The lowest BCUT2D eigenvalue weighted by atomic mass is 9.82. The minimum atomic E-state index is -0.380. The fourth-order valence-electron chi connectivity index (χ4n) is 9.25. The number of hydrogen-bond acceptors (Lipinski definition) is 6. The number of carbonyl (C=O) groups is 4. The van der Waals surface area contributed by atoms with Crippen LogP contribution in [0.3, 0.4) is 0 Å². The van der Waals surface area contributed by atoms with Gasteiger partial charge in [-0.2, -0.15) is 0 Å². The largest absolute Gasteiger partial charge is 0.271 e. The van der Waals surface area contributed by atoms with Gasteiger partial charge < -0.3 is 0 Å². The zero-order valence-electron chi connectivity index (χ0n) is 32.0. The lowest BCUT2D eigenvalue weighted by Crippen LogP contribution is -2.47. The van der Waals surface area contributed by atoms with Crippen molar-refractivity contribution < 1.29 is 19.2 Å². The van der Waals surface area contributed by atoms with Gasteiger partial charge in [0, 0.05) is 39.1 Å². The van der Waals surface area contributed by atoms with E-state index in [-0.39, 0.29) is 36.2 Å². The summed E-state index contributed by atoms with van der Waals surface area (Å²) >= 11 is 0. The fraction of sp³-hybridized carbons (Fsp3) is 0.319. The molecular formula is C47H45N5O4. The Hall–Kier alpha value is -5.96. The Labute approximate surface area is 325 Å². The first-order chi connectivity index (χ1) is 27.4. The summed E-state index contributed by atoms with van der Waals surface area (Å²) in [6.45, 7) is 4.91. The molecule has 9 nitrogen and oxygen atoms in total. The number of unbranched alkanes of at least 4 members (excludes halogenated alkanes) is 6. The zero-order chi connectivity index (χ0) is 38.5. The normalized spacial score (nSPS) is 14.3. The standard InChI is InChI=1S/C47H45N5O4/c1-3-5-7-12-16-31(17-13-8-6-4-2)52-46(55)38-24-20-34-32-18-22-36-42-37(23-19-33(40(32)42)35-21-25-39(47(52)56)43(38)41(34)35)45(54)51(44(36)53)28-30-27-50(49-48-30)26-29-14-10-9-11-15-29/h9-11,14-15,18-25,27,31H,3-8,12-13,16-17,26,28H2,1-2H3. The third-order valence-electron chi connectivity index (χ3n) is 12.0. The summed E-state index contributed by atoms with van der Waals surface area (Å²) in [5.41, 5.74) is 3.62. The van der Waals surface area contributed by atoms with Crippen molar-refractivity contribution in [3.63, 3.8) is 0 Å². The van der Waals surface area contributed by atoms with Crippen LogP contribution in [-0.2, 0) is 13.1 Å². The molecule has 0 N–H and O–H groups in total. The number of carbonyl (C=O) groups excluding carboxylic acids is 4. The average molecular weight is 744 g/mol. The Bertz CT molecular complexity index is 2550. The van der Waals surface area contributed by atoms with Crippen molar-refractivity contribution in [1.82, 2.24) is 24.8 Å². The van der Waals surface area contributed by atoms with E-state index in [0.29, 0.717) is 45.3 Å². The van der Waals surface area contributed by atoms with Gasteiger partial charge in [-0.15, -0.1) is 5.10 Å². The van der Waals surface area contributed by atoms with Gasteiger partial charge in [-0.1, -0.05) is 125 Å². The quantitative estimate of drug-likeness (QED) is 0.0448. The lowest BCUT2D eigenvalue weighted by molar-refractivity contribution is 0.0514. The molecule has 0 unspecified atom stereocenters. The summed E-state index contributed by atoms with van der Waals surface area (Å²) in [6, 6.07) is 25.0. The van der Waals surface area contributed by atoms with E-state index in [0.717, 1.165) is 102 Å². The predicted octanol–water partition coefficient (Wildman–Crippen LogP) is 10.1. The van der Waals surface area contributed by atoms with Crippen molar-refractivity contribution >= 4 is 66.7 Å². The molecule has 0 aliphatic carbocycles. The van der Waals surface area contributed by atoms with E-state index < -0.39 is 0 Å². The van der Waals surface area contributed by atoms with Crippen LogP contribution in [0.25, 0.3) is 43.1 Å². The molecule has 7 aromatic rings. The van der Waals surface area contributed by atoms with E-state index in [1.165, 1.54) is 4.90 Å². The van der Waals surface area contributed by atoms with Crippen LogP contribution in [0.15, 0.2) is 85.1 Å². The van der Waals surface area contributed by atoms with Crippen LogP contribution in [0.1, 0.15) is 131 Å². The topological polar surface area (TPSA) is 105 Å². The maximum Gasteiger partial charge on any atom is 0.261 e. The van der Waals surface area contributed by atoms with E-state index in [1.807, 2.05) is 66.7 Å². The Morgan fingerprint density at radius 1 is 0.518 bits per heavy atom. The summed E-state index contributed by atoms with van der Waals surface area (Å²) in [5, 5.41) is 15.1. The Kier molecular flexibility index (Phi) is 9.31. The van der Waals surface area contributed by atoms with Crippen LogP contribution in [0.2, 0.25) is 0 Å². The van der Waals surface area contributed by atoms with Crippen LogP contribution in [-0.4, -0.2) is 54.5 Å². The highest BCUT2D eigenvalue weighted by atomic mass is 16.2. The molecule has 9 rings (SSSR count). The van der Waals surface area contributed by atoms with Crippen molar-refractivity contribution in [2.75, 3.05) is 0 Å². The van der Waals surface area contributed by atoms with Crippen molar-refractivity contribution in [2.45, 2.75) is 97.2 Å². The third kappa shape index (κ3) is 5.83. The summed E-state index contributed by atoms with van der Waals surface area (Å²) in [7, 11) is 0. The number of amides is 4. The lowest BCUT2D eigenvalue weighted by Gasteiger charge is -2.35. The summed E-state index contributed by atoms with van der Waals surface area (Å²) in [5.74, 6) is -1.19. The average Bonchev–Trinajstić information content (AvgIpc) is 3.66. The van der Waals surface area contributed by atoms with Gasteiger partial charge in [-0.05, 0) is 75.0 Å². The molecule has 2 aliphatic rings. The molecule has 2 aliphatic heterocycles. The van der Waals surface area contributed by atoms with E-state index >= 15 is 0 Å².